The van der Waals surface area contributed by atoms with E-state index >= 15 is 0 Å². The van der Waals surface area contributed by atoms with Crippen LogP contribution in [0.15, 0.2) is 36.4 Å². The van der Waals surface area contributed by atoms with Gasteiger partial charge in [0, 0.05) is 0 Å². The highest BCUT2D eigenvalue weighted by molar-refractivity contribution is 5.21. The van der Waals surface area contributed by atoms with Gasteiger partial charge in [-0.3, -0.25) is 0 Å². The highest BCUT2D eigenvalue weighted by Crippen LogP contribution is 2.40. The van der Waals surface area contributed by atoms with Gasteiger partial charge in [-0.1, -0.05) is 89.0 Å². The molecule has 0 spiro atoms. The van der Waals surface area contributed by atoms with Gasteiger partial charge in [0.15, 0.2) is 0 Å². The fraction of sp³-hybridized carbons (Fsp3) is 0.667. The van der Waals surface area contributed by atoms with Gasteiger partial charge in [-0.15, -0.1) is 0 Å². The first kappa shape index (κ1) is 20.2. The van der Waals surface area contributed by atoms with Crippen LogP contribution in [0.1, 0.15) is 102 Å². The van der Waals surface area contributed by atoms with Crippen molar-refractivity contribution in [2.75, 3.05) is 0 Å². The Morgan fingerprint density at radius 3 is 2.04 bits per heavy atom. The molecular weight excluding hydrogens is 307 g/mol. The molecule has 2 atom stereocenters. The minimum absolute atomic E-state index is 0.124. The molecule has 140 valence electrons. The van der Waals surface area contributed by atoms with E-state index in [0.29, 0.717) is 5.92 Å². The molecule has 0 bridgehead atoms. The third-order valence-corrected chi connectivity index (χ3v) is 5.92. The van der Waals surface area contributed by atoms with Crippen LogP contribution in [0.4, 0.5) is 4.39 Å². The number of hydrogen-bond acceptors (Lipinski definition) is 0. The van der Waals surface area contributed by atoms with Crippen molar-refractivity contribution in [1.29, 1.82) is 0 Å². The number of halogens is 1. The van der Waals surface area contributed by atoms with Crippen LogP contribution in [-0.2, 0) is 0 Å². The standard InChI is InChI=1S/C24H37F/c1-3-18-24(2)19-12-10-8-6-4-5-7-9-11-13-22(20-24)21-14-16-23(25)17-15-21/h3,14-18,22H,4-13,19-20H2,1-2H3/b18-3+. The Bertz CT molecular complexity index is 501. The van der Waals surface area contributed by atoms with E-state index in [1.807, 2.05) is 12.1 Å². The summed E-state index contributed by atoms with van der Waals surface area (Å²) in [5, 5.41) is 0. The van der Waals surface area contributed by atoms with E-state index in [1.165, 1.54) is 82.6 Å². The normalized spacial score (nSPS) is 27.9. The Balaban J connectivity index is 2.14. The zero-order chi connectivity index (χ0) is 18.0. The summed E-state index contributed by atoms with van der Waals surface area (Å²) in [7, 11) is 0. The molecule has 2 rings (SSSR count). The summed E-state index contributed by atoms with van der Waals surface area (Å²) in [6.45, 7) is 4.57. The van der Waals surface area contributed by atoms with E-state index in [9.17, 15) is 4.39 Å². The molecule has 0 radical (unpaired) electrons. The second-order valence-electron chi connectivity index (χ2n) is 8.33. The maximum atomic E-state index is 13.4. The molecule has 2 unspecified atom stereocenters. The predicted octanol–water partition coefficient (Wildman–Crippen LogP) is 8.19. The number of rotatable bonds is 2. The Morgan fingerprint density at radius 1 is 0.880 bits per heavy atom. The van der Waals surface area contributed by atoms with Crippen LogP contribution in [-0.4, -0.2) is 0 Å². The maximum Gasteiger partial charge on any atom is 0.123 e. The van der Waals surface area contributed by atoms with Gasteiger partial charge in [0.25, 0.3) is 0 Å². The summed E-state index contributed by atoms with van der Waals surface area (Å²) in [6.07, 6.45) is 20.7. The highest BCUT2D eigenvalue weighted by Gasteiger charge is 2.26. The summed E-state index contributed by atoms with van der Waals surface area (Å²) in [5.74, 6) is 0.422. The van der Waals surface area contributed by atoms with Gasteiger partial charge in [0.05, 0.1) is 0 Å². The third-order valence-electron chi connectivity index (χ3n) is 5.92. The molecule has 0 saturated heterocycles. The van der Waals surface area contributed by atoms with Crippen molar-refractivity contribution in [3.63, 3.8) is 0 Å². The van der Waals surface area contributed by atoms with Crippen LogP contribution in [0.2, 0.25) is 0 Å². The van der Waals surface area contributed by atoms with Gasteiger partial charge >= 0.3 is 0 Å². The lowest BCUT2D eigenvalue weighted by Crippen LogP contribution is -2.18. The van der Waals surface area contributed by atoms with Gasteiger partial charge in [0.2, 0.25) is 0 Å². The monoisotopic (exact) mass is 344 g/mol. The minimum Gasteiger partial charge on any atom is -0.207 e. The van der Waals surface area contributed by atoms with Gasteiger partial charge in [-0.25, -0.2) is 4.39 Å². The largest absolute Gasteiger partial charge is 0.207 e. The molecule has 0 aliphatic heterocycles. The van der Waals surface area contributed by atoms with Crippen molar-refractivity contribution >= 4 is 0 Å². The van der Waals surface area contributed by atoms with Gasteiger partial charge in [0.1, 0.15) is 5.82 Å². The number of benzene rings is 1. The average molecular weight is 345 g/mol. The summed E-state index contributed by atoms with van der Waals surface area (Å²) in [4.78, 5) is 0. The van der Waals surface area contributed by atoms with Crippen molar-refractivity contribution in [3.05, 3.63) is 47.8 Å². The lowest BCUT2D eigenvalue weighted by Gasteiger charge is -2.32. The SMILES string of the molecule is C/C=C/C1(C)CCCCCCCCCCCC(c2ccc(F)cc2)C1. The Hall–Kier alpha value is -1.11. The summed E-state index contributed by atoms with van der Waals surface area (Å²) in [6, 6.07) is 7.29. The molecule has 0 N–H and O–H groups in total. The molecule has 25 heavy (non-hydrogen) atoms. The molecule has 1 fully saturated rings. The van der Waals surface area contributed by atoms with Gasteiger partial charge in [-0.05, 0) is 55.2 Å². The Kier molecular flexibility index (Phi) is 8.72. The molecule has 0 aromatic heterocycles. The molecular formula is C24H37F. The zero-order valence-corrected chi connectivity index (χ0v) is 16.4. The second-order valence-corrected chi connectivity index (χ2v) is 8.33. The fourth-order valence-electron chi connectivity index (χ4n) is 4.50. The number of hydrogen-bond donors (Lipinski definition) is 0. The zero-order valence-electron chi connectivity index (χ0n) is 16.4. The van der Waals surface area contributed by atoms with Crippen LogP contribution < -0.4 is 0 Å². The molecule has 1 aromatic rings. The summed E-state index contributed by atoms with van der Waals surface area (Å²) >= 11 is 0. The van der Waals surface area contributed by atoms with Crippen LogP contribution in [0.3, 0.4) is 0 Å². The van der Waals surface area contributed by atoms with E-state index in [1.54, 1.807) is 12.1 Å². The minimum atomic E-state index is -0.124. The smallest absolute Gasteiger partial charge is 0.123 e. The molecule has 1 aliphatic rings. The molecule has 1 heteroatoms. The van der Waals surface area contributed by atoms with Crippen LogP contribution in [0.25, 0.3) is 0 Å². The quantitative estimate of drug-likeness (QED) is 0.474. The molecule has 0 nitrogen and oxygen atoms in total. The lowest BCUT2D eigenvalue weighted by molar-refractivity contribution is 0.301. The summed E-state index contributed by atoms with van der Waals surface area (Å²) in [5.41, 5.74) is 1.59. The van der Waals surface area contributed by atoms with Crippen LogP contribution >= 0.6 is 0 Å². The maximum absolute atomic E-state index is 13.4. The van der Waals surface area contributed by atoms with E-state index in [2.05, 4.69) is 26.0 Å². The topological polar surface area (TPSA) is 0 Å². The first-order valence-electron chi connectivity index (χ1n) is 10.5. The molecule has 1 aromatic carbocycles. The second kappa shape index (κ2) is 10.8. The van der Waals surface area contributed by atoms with Crippen molar-refractivity contribution < 1.29 is 4.39 Å². The van der Waals surface area contributed by atoms with Gasteiger partial charge < -0.3 is 0 Å². The molecule has 1 aliphatic carbocycles. The van der Waals surface area contributed by atoms with Crippen LogP contribution in [0, 0.1) is 11.2 Å². The predicted molar refractivity (Wildman–Crippen MR) is 107 cm³/mol. The lowest BCUT2D eigenvalue weighted by atomic mass is 9.73. The van der Waals surface area contributed by atoms with Crippen molar-refractivity contribution in [3.8, 4) is 0 Å². The van der Waals surface area contributed by atoms with Crippen molar-refractivity contribution in [2.45, 2.75) is 96.8 Å². The average Bonchev–Trinajstić information content (AvgIpc) is 2.59. The van der Waals surface area contributed by atoms with Crippen molar-refractivity contribution in [2.24, 2.45) is 5.41 Å². The van der Waals surface area contributed by atoms with E-state index < -0.39 is 0 Å². The molecule has 0 heterocycles. The van der Waals surface area contributed by atoms with E-state index in [-0.39, 0.29) is 11.2 Å². The Labute approximate surface area is 154 Å². The first-order valence-corrected chi connectivity index (χ1v) is 10.5. The molecule has 0 amide bonds. The van der Waals surface area contributed by atoms with Gasteiger partial charge in [-0.2, -0.15) is 0 Å². The highest BCUT2D eigenvalue weighted by atomic mass is 19.1. The summed E-state index contributed by atoms with van der Waals surface area (Å²) < 4.78 is 13.4. The van der Waals surface area contributed by atoms with Crippen molar-refractivity contribution in [1.82, 2.24) is 0 Å². The Morgan fingerprint density at radius 2 is 1.44 bits per heavy atom. The molecule has 1 saturated carbocycles. The fourth-order valence-corrected chi connectivity index (χ4v) is 4.50. The first-order chi connectivity index (χ1) is 12.1. The third kappa shape index (κ3) is 7.34. The number of allylic oxidation sites excluding steroid dienone is 2. The van der Waals surface area contributed by atoms with E-state index in [0.717, 1.165) is 0 Å². The van der Waals surface area contributed by atoms with Crippen LogP contribution in [0.5, 0.6) is 0 Å². The van der Waals surface area contributed by atoms with E-state index in [4.69, 9.17) is 0 Å².